The first kappa shape index (κ1) is 11.5. The van der Waals surface area contributed by atoms with E-state index in [4.69, 9.17) is 0 Å². The molecule has 0 bridgehead atoms. The van der Waals surface area contributed by atoms with Crippen molar-refractivity contribution in [1.29, 1.82) is 0 Å². The molecule has 1 aromatic heterocycles. The van der Waals surface area contributed by atoms with Crippen LogP contribution in [0.15, 0.2) is 30.5 Å². The van der Waals surface area contributed by atoms with Crippen LogP contribution >= 0.6 is 0 Å². The van der Waals surface area contributed by atoms with E-state index < -0.39 is 0 Å². The van der Waals surface area contributed by atoms with Gasteiger partial charge in [-0.1, -0.05) is 32.9 Å². The molecule has 1 aliphatic rings. The lowest BCUT2D eigenvalue weighted by molar-refractivity contribution is 0.489. The average molecular weight is 240 g/mol. The summed E-state index contributed by atoms with van der Waals surface area (Å²) < 4.78 is 2.02. The van der Waals surface area contributed by atoms with Crippen LogP contribution in [0.1, 0.15) is 49.9 Å². The minimum absolute atomic E-state index is 0.285. The van der Waals surface area contributed by atoms with E-state index in [1.54, 1.807) is 0 Å². The number of aromatic nitrogens is 2. The highest BCUT2D eigenvalue weighted by Crippen LogP contribution is 2.47. The third-order valence-corrected chi connectivity index (χ3v) is 4.09. The Kier molecular flexibility index (Phi) is 2.37. The van der Waals surface area contributed by atoms with Crippen molar-refractivity contribution in [3.05, 3.63) is 47.3 Å². The van der Waals surface area contributed by atoms with Crippen molar-refractivity contribution >= 4 is 0 Å². The van der Waals surface area contributed by atoms with Crippen molar-refractivity contribution < 1.29 is 0 Å². The van der Waals surface area contributed by atoms with E-state index >= 15 is 0 Å². The van der Waals surface area contributed by atoms with Crippen LogP contribution in [0, 0.1) is 6.92 Å². The highest BCUT2D eigenvalue weighted by Gasteiger charge is 2.36. The molecule has 1 aromatic carbocycles. The second-order valence-electron chi connectivity index (χ2n) is 6.13. The molecule has 1 atom stereocenters. The molecule has 0 radical (unpaired) electrons. The molecule has 0 aliphatic heterocycles. The van der Waals surface area contributed by atoms with Crippen LogP contribution in [0.4, 0.5) is 0 Å². The lowest BCUT2D eigenvalue weighted by atomic mass is 9.86. The first-order valence-electron chi connectivity index (χ1n) is 6.65. The molecule has 2 heteroatoms. The maximum Gasteiger partial charge on any atom is 0.0683 e. The van der Waals surface area contributed by atoms with Crippen LogP contribution in [0.2, 0.25) is 0 Å². The molecule has 18 heavy (non-hydrogen) atoms. The molecule has 94 valence electrons. The van der Waals surface area contributed by atoms with Crippen LogP contribution in [0.25, 0.3) is 5.69 Å². The summed E-state index contributed by atoms with van der Waals surface area (Å²) >= 11 is 0. The monoisotopic (exact) mass is 240 g/mol. The molecule has 0 saturated heterocycles. The molecule has 1 aliphatic carbocycles. The summed E-state index contributed by atoms with van der Waals surface area (Å²) in [6.45, 7) is 9.04. The molecule has 3 rings (SSSR count). The Labute approximate surface area is 109 Å². The third-order valence-electron chi connectivity index (χ3n) is 4.09. The maximum absolute atomic E-state index is 4.56. The predicted octanol–water partition coefficient (Wildman–Crippen LogP) is 3.97. The zero-order valence-electron chi connectivity index (χ0n) is 11.6. The summed E-state index contributed by atoms with van der Waals surface area (Å²) in [5.41, 5.74) is 5.56. The molecule has 0 N–H and O–H groups in total. The first-order chi connectivity index (χ1) is 8.49. The molecule has 0 saturated carbocycles. The fraction of sp³-hybridized carbons (Fsp3) is 0.438. The Balaban J connectivity index is 2.22. The van der Waals surface area contributed by atoms with Gasteiger partial charge in [-0.05, 0) is 47.9 Å². The molecular weight excluding hydrogens is 220 g/mol. The maximum atomic E-state index is 4.56. The molecule has 1 unspecified atom stereocenters. The van der Waals surface area contributed by atoms with Gasteiger partial charge in [0.15, 0.2) is 0 Å². The van der Waals surface area contributed by atoms with Gasteiger partial charge in [-0.25, -0.2) is 4.68 Å². The van der Waals surface area contributed by atoms with E-state index in [0.717, 1.165) is 5.69 Å². The van der Waals surface area contributed by atoms with E-state index in [2.05, 4.69) is 56.3 Å². The van der Waals surface area contributed by atoms with E-state index in [1.165, 1.54) is 23.2 Å². The van der Waals surface area contributed by atoms with E-state index in [0.29, 0.717) is 5.92 Å². The number of nitrogens with zero attached hydrogens (tertiary/aromatic N) is 2. The molecule has 0 spiro atoms. The Morgan fingerprint density at radius 3 is 2.72 bits per heavy atom. The number of hydrogen-bond donors (Lipinski definition) is 0. The van der Waals surface area contributed by atoms with Gasteiger partial charge in [0.25, 0.3) is 0 Å². The predicted molar refractivity (Wildman–Crippen MR) is 74.4 cm³/mol. The largest absolute Gasteiger partial charge is 0.240 e. The SMILES string of the molecule is Cc1ccn(-c2cccc3c2C(C)CC3(C)C)n1. The number of benzene rings is 1. The van der Waals surface area contributed by atoms with Gasteiger partial charge in [0.1, 0.15) is 0 Å². The van der Waals surface area contributed by atoms with E-state index in [-0.39, 0.29) is 5.41 Å². The first-order valence-corrected chi connectivity index (χ1v) is 6.65. The number of aryl methyl sites for hydroxylation is 1. The van der Waals surface area contributed by atoms with Crippen molar-refractivity contribution in [2.45, 2.75) is 45.4 Å². The van der Waals surface area contributed by atoms with Gasteiger partial charge in [0.05, 0.1) is 11.4 Å². The lowest BCUT2D eigenvalue weighted by Crippen LogP contribution is -2.12. The molecule has 2 nitrogen and oxygen atoms in total. The van der Waals surface area contributed by atoms with Crippen LogP contribution in [-0.2, 0) is 5.41 Å². The van der Waals surface area contributed by atoms with Gasteiger partial charge in [-0.3, -0.25) is 0 Å². The minimum Gasteiger partial charge on any atom is -0.240 e. The second-order valence-corrected chi connectivity index (χ2v) is 6.13. The van der Waals surface area contributed by atoms with Gasteiger partial charge in [0.2, 0.25) is 0 Å². The van der Waals surface area contributed by atoms with Crippen molar-refractivity contribution in [3.63, 3.8) is 0 Å². The van der Waals surface area contributed by atoms with Gasteiger partial charge in [-0.2, -0.15) is 5.10 Å². The summed E-state index contributed by atoms with van der Waals surface area (Å²) in [6.07, 6.45) is 3.28. The van der Waals surface area contributed by atoms with Crippen molar-refractivity contribution in [2.24, 2.45) is 0 Å². The average Bonchev–Trinajstić information content (AvgIpc) is 2.82. The summed E-state index contributed by atoms with van der Waals surface area (Å²) in [5, 5.41) is 4.56. The lowest BCUT2D eigenvalue weighted by Gasteiger charge is -2.19. The number of rotatable bonds is 1. The van der Waals surface area contributed by atoms with Crippen LogP contribution in [0.5, 0.6) is 0 Å². The van der Waals surface area contributed by atoms with Crippen LogP contribution in [0.3, 0.4) is 0 Å². The zero-order chi connectivity index (χ0) is 12.9. The van der Waals surface area contributed by atoms with Crippen molar-refractivity contribution in [3.8, 4) is 5.69 Å². The summed E-state index contributed by atoms with van der Waals surface area (Å²) in [5.74, 6) is 0.607. The quantitative estimate of drug-likeness (QED) is 0.737. The molecule has 1 heterocycles. The normalized spacial score (nSPS) is 21.0. The topological polar surface area (TPSA) is 17.8 Å². The Morgan fingerprint density at radius 2 is 2.06 bits per heavy atom. The smallest absolute Gasteiger partial charge is 0.0683 e. The highest BCUT2D eigenvalue weighted by atomic mass is 15.3. The van der Waals surface area contributed by atoms with Gasteiger partial charge >= 0.3 is 0 Å². The standard InChI is InChI=1S/C16H20N2/c1-11-10-16(3,4)13-6-5-7-14(15(11)13)18-9-8-12(2)17-18/h5-9,11H,10H2,1-4H3. The summed E-state index contributed by atoms with van der Waals surface area (Å²) in [7, 11) is 0. The van der Waals surface area contributed by atoms with Gasteiger partial charge in [-0.15, -0.1) is 0 Å². The fourth-order valence-corrected chi connectivity index (χ4v) is 3.39. The summed E-state index contributed by atoms with van der Waals surface area (Å²) in [4.78, 5) is 0. The Morgan fingerprint density at radius 1 is 1.28 bits per heavy atom. The Hall–Kier alpha value is -1.57. The highest BCUT2D eigenvalue weighted by molar-refractivity contribution is 5.53. The Bertz CT molecular complexity index is 593. The zero-order valence-corrected chi connectivity index (χ0v) is 11.6. The molecule has 0 fully saturated rings. The second kappa shape index (κ2) is 3.71. The fourth-order valence-electron chi connectivity index (χ4n) is 3.39. The van der Waals surface area contributed by atoms with Gasteiger partial charge < -0.3 is 0 Å². The summed E-state index contributed by atoms with van der Waals surface area (Å²) in [6, 6.07) is 8.68. The van der Waals surface area contributed by atoms with Crippen molar-refractivity contribution in [2.75, 3.05) is 0 Å². The molecular formula is C16H20N2. The van der Waals surface area contributed by atoms with E-state index in [1.807, 2.05) is 11.6 Å². The van der Waals surface area contributed by atoms with Crippen LogP contribution < -0.4 is 0 Å². The minimum atomic E-state index is 0.285. The van der Waals surface area contributed by atoms with Crippen molar-refractivity contribution in [1.82, 2.24) is 9.78 Å². The third kappa shape index (κ3) is 1.59. The van der Waals surface area contributed by atoms with Gasteiger partial charge in [0, 0.05) is 6.20 Å². The van der Waals surface area contributed by atoms with Crippen LogP contribution in [-0.4, -0.2) is 9.78 Å². The molecule has 0 amide bonds. The van der Waals surface area contributed by atoms with E-state index in [9.17, 15) is 0 Å². The molecule has 2 aromatic rings. The number of fused-ring (bicyclic) bond motifs is 1. The number of hydrogen-bond acceptors (Lipinski definition) is 1.